The topological polar surface area (TPSA) is 158 Å². The van der Waals surface area contributed by atoms with Gasteiger partial charge in [-0.25, -0.2) is 0 Å². The first-order valence-electron chi connectivity index (χ1n) is 21.2. The van der Waals surface area contributed by atoms with Crippen LogP contribution in [0.1, 0.15) is 80.2 Å². The summed E-state index contributed by atoms with van der Waals surface area (Å²) >= 11 is 0. The molecule has 0 aromatic heterocycles. The molecule has 0 radical (unpaired) electrons. The fourth-order valence-corrected chi connectivity index (χ4v) is 9.24. The molecule has 4 rings (SSSR count). The van der Waals surface area contributed by atoms with Gasteiger partial charge in [-0.1, -0.05) is 51.1 Å². The predicted molar refractivity (Wildman–Crippen MR) is 219 cm³/mol. The van der Waals surface area contributed by atoms with Crippen LogP contribution in [0.25, 0.3) is 0 Å². The molecule has 14 heteroatoms. The minimum atomic E-state index is -1.08. The Morgan fingerprint density at radius 3 is 2.16 bits per heavy atom. The van der Waals surface area contributed by atoms with Crippen molar-refractivity contribution in [2.75, 3.05) is 55.1 Å². The first-order chi connectivity index (χ1) is 27.2. The summed E-state index contributed by atoms with van der Waals surface area (Å²) in [6, 6.07) is 9.35. The van der Waals surface area contributed by atoms with Crippen molar-refractivity contribution in [1.29, 1.82) is 0 Å². The largest absolute Gasteiger partial charge is 0.464 e. The fraction of sp³-hybridized carbons (Fsp3) is 0.841. The van der Waals surface area contributed by atoms with Gasteiger partial charge in [0.25, 0.3) is 0 Å². The molecule has 3 heterocycles. The van der Waals surface area contributed by atoms with Crippen LogP contribution >= 0.6 is 0 Å². The summed E-state index contributed by atoms with van der Waals surface area (Å²) in [5.41, 5.74) is -1.03. The van der Waals surface area contributed by atoms with Crippen molar-refractivity contribution in [3.63, 3.8) is 0 Å². The standard InChI is InChI=1S/C44H76N2O12/c1-26-20-44(8,52-13)40(58-42-37(48)34(45(9)10)19-28(3)55-42)29(4)38(57-35-21-43(7,51-12)39(49)31(6)56-35)30(5)41(50)54-25-33(46(11)22-27(2)36(26)47)24-53-23-32-17-15-14-16-18-32/h14-18,26-31,33-40,42,47-49H,19-25H2,1-13H3/t26-,27-,28-,29+,30-,31+,33-,34+,35+,36+,37-,38+,39+,40-,42+,43-,44+/m1/s1. The molecule has 0 spiro atoms. The van der Waals surface area contributed by atoms with E-state index in [4.69, 9.17) is 37.9 Å². The van der Waals surface area contributed by atoms with Crippen molar-refractivity contribution in [3.8, 4) is 0 Å². The SMILES string of the molecule is CO[C@]1(C)C[C@H](O[C@H]2[C@H](C)[C@@H](O[C@@H]3O[C@H](C)C[C@H](N(C)C)[C@H]3O)[C@@](C)(OC)C[C@@H](C)[C@H](O)[C@H](C)CN(C)[C@H](COCc3ccccc3)COC(=O)[C@@H]2C)O[C@@H](C)[C@@H]1O. The van der Waals surface area contributed by atoms with E-state index in [1.165, 1.54) is 0 Å². The Morgan fingerprint density at radius 1 is 0.879 bits per heavy atom. The Kier molecular flexibility index (Phi) is 18.0. The van der Waals surface area contributed by atoms with Crippen LogP contribution < -0.4 is 0 Å². The van der Waals surface area contributed by atoms with Crippen LogP contribution in [0.4, 0.5) is 0 Å². The van der Waals surface area contributed by atoms with E-state index in [1.807, 2.05) is 97.9 Å². The average molecular weight is 825 g/mol. The number of likely N-dealkylation sites (N-methyl/N-ethyl adjacent to an activating group) is 2. The number of rotatable bonds is 11. The molecule has 14 nitrogen and oxygen atoms in total. The summed E-state index contributed by atoms with van der Waals surface area (Å²) < 4.78 is 50.9. The van der Waals surface area contributed by atoms with Gasteiger partial charge in [0.15, 0.2) is 12.6 Å². The maximum atomic E-state index is 14.4. The smallest absolute Gasteiger partial charge is 0.311 e. The van der Waals surface area contributed by atoms with E-state index < -0.39 is 78.2 Å². The van der Waals surface area contributed by atoms with Crippen LogP contribution in [0.15, 0.2) is 30.3 Å². The molecule has 0 bridgehead atoms. The lowest BCUT2D eigenvalue weighted by Gasteiger charge is -2.49. The maximum absolute atomic E-state index is 14.4. The number of methoxy groups -OCH3 is 2. The quantitative estimate of drug-likeness (QED) is 0.277. The highest BCUT2D eigenvalue weighted by Gasteiger charge is 2.52. The van der Waals surface area contributed by atoms with E-state index in [0.29, 0.717) is 32.6 Å². The number of benzene rings is 1. The number of esters is 1. The van der Waals surface area contributed by atoms with Gasteiger partial charge in [-0.2, -0.15) is 0 Å². The Bertz CT molecular complexity index is 1390. The molecule has 3 saturated heterocycles. The number of ether oxygens (including phenoxy) is 8. The molecule has 1 aromatic rings. The van der Waals surface area contributed by atoms with Gasteiger partial charge in [0.2, 0.25) is 0 Å². The molecule has 0 amide bonds. The van der Waals surface area contributed by atoms with E-state index in [2.05, 4.69) is 4.90 Å². The normalized spacial score (nSPS) is 43.1. The van der Waals surface area contributed by atoms with Crippen molar-refractivity contribution in [2.24, 2.45) is 23.7 Å². The van der Waals surface area contributed by atoms with Crippen LogP contribution in [0.2, 0.25) is 0 Å². The Hall–Kier alpha value is -1.79. The van der Waals surface area contributed by atoms with Crippen molar-refractivity contribution in [2.45, 2.75) is 160 Å². The number of hydrogen-bond acceptors (Lipinski definition) is 14. The number of aliphatic hydroxyl groups excluding tert-OH is 3. The van der Waals surface area contributed by atoms with Crippen molar-refractivity contribution in [1.82, 2.24) is 9.80 Å². The average Bonchev–Trinajstić information content (AvgIpc) is 3.19. The van der Waals surface area contributed by atoms with Gasteiger partial charge in [0.1, 0.15) is 18.8 Å². The van der Waals surface area contributed by atoms with Gasteiger partial charge in [0, 0.05) is 39.1 Å². The molecule has 0 unspecified atom stereocenters. The molecule has 3 N–H and O–H groups in total. The van der Waals surface area contributed by atoms with Crippen molar-refractivity contribution < 1.29 is 58.0 Å². The Balaban J connectivity index is 1.76. The fourth-order valence-electron chi connectivity index (χ4n) is 9.24. The number of cyclic esters (lactones) is 1. The van der Waals surface area contributed by atoms with Gasteiger partial charge in [0.05, 0.1) is 66.9 Å². The molecular formula is C44H76N2O12. The molecule has 3 aliphatic heterocycles. The van der Waals surface area contributed by atoms with E-state index in [9.17, 15) is 20.1 Å². The van der Waals surface area contributed by atoms with E-state index in [-0.39, 0.29) is 43.1 Å². The minimum Gasteiger partial charge on any atom is -0.464 e. The summed E-state index contributed by atoms with van der Waals surface area (Å²) in [7, 11) is 8.95. The highest BCUT2D eigenvalue weighted by atomic mass is 16.7. The van der Waals surface area contributed by atoms with E-state index >= 15 is 0 Å². The predicted octanol–water partition coefficient (Wildman–Crippen LogP) is 3.86. The molecule has 0 aliphatic carbocycles. The number of carbonyl (C=O) groups excluding carboxylic acids is 1. The van der Waals surface area contributed by atoms with Crippen molar-refractivity contribution in [3.05, 3.63) is 35.9 Å². The van der Waals surface area contributed by atoms with Gasteiger partial charge >= 0.3 is 5.97 Å². The lowest BCUT2D eigenvalue weighted by atomic mass is 9.75. The number of nitrogens with zero attached hydrogens (tertiary/aromatic N) is 2. The number of hydrogen-bond donors (Lipinski definition) is 3. The zero-order chi connectivity index (χ0) is 43.1. The molecule has 1 aromatic carbocycles. The second-order valence-corrected chi connectivity index (χ2v) is 18.2. The first-order valence-corrected chi connectivity index (χ1v) is 21.2. The summed E-state index contributed by atoms with van der Waals surface area (Å²) in [4.78, 5) is 18.4. The summed E-state index contributed by atoms with van der Waals surface area (Å²) in [6.45, 7) is 16.4. The summed E-state index contributed by atoms with van der Waals surface area (Å²) in [5.74, 6) is -2.39. The van der Waals surface area contributed by atoms with Crippen LogP contribution in [-0.4, -0.2) is 165 Å². The number of carbonyl (C=O) groups is 1. The second kappa shape index (κ2) is 21.3. The zero-order valence-corrected chi connectivity index (χ0v) is 37.4. The third kappa shape index (κ3) is 12.0. The van der Waals surface area contributed by atoms with E-state index in [1.54, 1.807) is 28.1 Å². The monoisotopic (exact) mass is 825 g/mol. The Labute approximate surface area is 347 Å². The van der Waals surface area contributed by atoms with Gasteiger partial charge in [-0.3, -0.25) is 9.69 Å². The maximum Gasteiger partial charge on any atom is 0.311 e. The van der Waals surface area contributed by atoms with Crippen LogP contribution in [0.3, 0.4) is 0 Å². The summed E-state index contributed by atoms with van der Waals surface area (Å²) in [6.07, 6.45) is -5.97. The number of aliphatic hydroxyl groups is 3. The highest BCUT2D eigenvalue weighted by molar-refractivity contribution is 5.72. The molecule has 17 atom stereocenters. The Morgan fingerprint density at radius 2 is 1.53 bits per heavy atom. The summed E-state index contributed by atoms with van der Waals surface area (Å²) in [5, 5.41) is 34.6. The zero-order valence-electron chi connectivity index (χ0n) is 37.4. The second-order valence-electron chi connectivity index (χ2n) is 18.2. The highest BCUT2D eigenvalue weighted by Crippen LogP contribution is 2.41. The molecule has 0 saturated carbocycles. The van der Waals surface area contributed by atoms with Gasteiger partial charge in [-0.15, -0.1) is 0 Å². The van der Waals surface area contributed by atoms with Gasteiger partial charge in [-0.05, 0) is 86.0 Å². The molecule has 58 heavy (non-hydrogen) atoms. The lowest BCUT2D eigenvalue weighted by Crippen LogP contribution is -2.61. The molecule has 3 aliphatic rings. The first kappa shape index (κ1) is 48.9. The van der Waals surface area contributed by atoms with Crippen LogP contribution in [-0.2, 0) is 49.3 Å². The third-order valence-electron chi connectivity index (χ3n) is 13.2. The third-order valence-corrected chi connectivity index (χ3v) is 13.2. The minimum absolute atomic E-state index is 0.0421. The van der Waals surface area contributed by atoms with E-state index in [0.717, 1.165) is 5.56 Å². The molecule has 334 valence electrons. The lowest BCUT2D eigenvalue weighted by molar-refractivity contribution is -0.319. The van der Waals surface area contributed by atoms with Gasteiger partial charge < -0.3 is 58.1 Å². The van der Waals surface area contributed by atoms with Crippen LogP contribution in [0.5, 0.6) is 0 Å². The van der Waals surface area contributed by atoms with Crippen molar-refractivity contribution >= 4 is 5.97 Å². The van der Waals surface area contributed by atoms with Crippen LogP contribution in [0, 0.1) is 23.7 Å². The molecule has 3 fully saturated rings. The molecular weight excluding hydrogens is 748 g/mol.